The zero-order valence-electron chi connectivity index (χ0n) is 11.0. The zero-order valence-corrected chi connectivity index (χ0v) is 11.0. The lowest BCUT2D eigenvalue weighted by Gasteiger charge is -2.34. The molecule has 3 nitrogen and oxygen atoms in total. The van der Waals surface area contributed by atoms with Gasteiger partial charge in [0.05, 0.1) is 7.11 Å². The van der Waals surface area contributed by atoms with E-state index in [0.29, 0.717) is 23.8 Å². The van der Waals surface area contributed by atoms with Gasteiger partial charge in [0.2, 0.25) is 0 Å². The van der Waals surface area contributed by atoms with Crippen LogP contribution in [0.2, 0.25) is 0 Å². The fourth-order valence-electron chi connectivity index (χ4n) is 2.67. The van der Waals surface area contributed by atoms with E-state index in [2.05, 4.69) is 11.8 Å². The Morgan fingerprint density at radius 1 is 1.44 bits per heavy atom. The van der Waals surface area contributed by atoms with E-state index in [0.717, 1.165) is 19.5 Å². The molecule has 2 N–H and O–H groups in total. The van der Waals surface area contributed by atoms with E-state index in [-0.39, 0.29) is 11.9 Å². The quantitative estimate of drug-likeness (QED) is 0.894. The molecule has 1 aromatic rings. The van der Waals surface area contributed by atoms with Crippen LogP contribution in [0.1, 0.15) is 18.9 Å². The molecule has 1 fully saturated rings. The summed E-state index contributed by atoms with van der Waals surface area (Å²) < 4.78 is 18.8. The second-order valence-electron chi connectivity index (χ2n) is 5.25. The van der Waals surface area contributed by atoms with Crippen LogP contribution in [0, 0.1) is 11.7 Å². The predicted octanol–water partition coefficient (Wildman–Crippen LogP) is 2.00. The molecule has 1 saturated heterocycles. The summed E-state index contributed by atoms with van der Waals surface area (Å²) in [4.78, 5) is 2.23. The third kappa shape index (κ3) is 3.21. The zero-order chi connectivity index (χ0) is 13.1. The van der Waals surface area contributed by atoms with Crippen LogP contribution in [0.25, 0.3) is 0 Å². The number of hydrogen-bond acceptors (Lipinski definition) is 3. The van der Waals surface area contributed by atoms with Crippen LogP contribution in [-0.2, 0) is 6.54 Å². The molecule has 1 aliphatic rings. The number of rotatable bonds is 3. The smallest absolute Gasteiger partial charge is 0.131 e. The van der Waals surface area contributed by atoms with Crippen molar-refractivity contribution in [1.29, 1.82) is 0 Å². The highest BCUT2D eigenvalue weighted by molar-refractivity contribution is 5.28. The van der Waals surface area contributed by atoms with Gasteiger partial charge in [-0.3, -0.25) is 4.90 Å². The van der Waals surface area contributed by atoms with E-state index in [1.165, 1.54) is 6.07 Å². The molecule has 2 rings (SSSR count). The summed E-state index contributed by atoms with van der Waals surface area (Å²) in [6.45, 7) is 4.64. The van der Waals surface area contributed by atoms with Crippen molar-refractivity contribution in [2.45, 2.75) is 25.9 Å². The third-order valence-corrected chi connectivity index (χ3v) is 3.42. The van der Waals surface area contributed by atoms with E-state index in [9.17, 15) is 4.39 Å². The highest BCUT2D eigenvalue weighted by Gasteiger charge is 2.22. The second kappa shape index (κ2) is 5.67. The van der Waals surface area contributed by atoms with Gasteiger partial charge < -0.3 is 10.5 Å². The Bertz CT molecular complexity index is 401. The number of nitrogens with zero attached hydrogens (tertiary/aromatic N) is 1. The summed E-state index contributed by atoms with van der Waals surface area (Å²) in [6.07, 6.45) is 1.06. The summed E-state index contributed by atoms with van der Waals surface area (Å²) in [5, 5.41) is 0. The molecular weight excluding hydrogens is 231 g/mol. The van der Waals surface area contributed by atoms with E-state index in [1.54, 1.807) is 19.2 Å². The maximum atomic E-state index is 13.8. The number of likely N-dealkylation sites (tertiary alicyclic amines) is 1. The van der Waals surface area contributed by atoms with Gasteiger partial charge in [-0.1, -0.05) is 13.0 Å². The van der Waals surface area contributed by atoms with Crippen LogP contribution >= 0.6 is 0 Å². The van der Waals surface area contributed by atoms with E-state index < -0.39 is 0 Å². The van der Waals surface area contributed by atoms with Gasteiger partial charge in [0.15, 0.2) is 0 Å². The van der Waals surface area contributed by atoms with Crippen molar-refractivity contribution in [3.63, 3.8) is 0 Å². The van der Waals surface area contributed by atoms with E-state index in [4.69, 9.17) is 10.5 Å². The topological polar surface area (TPSA) is 38.5 Å². The first-order valence-electron chi connectivity index (χ1n) is 6.39. The molecule has 4 heteroatoms. The molecule has 0 bridgehead atoms. The summed E-state index contributed by atoms with van der Waals surface area (Å²) in [7, 11) is 1.54. The minimum atomic E-state index is -0.207. The minimum absolute atomic E-state index is 0.204. The number of methoxy groups -OCH3 is 1. The van der Waals surface area contributed by atoms with Gasteiger partial charge in [-0.2, -0.15) is 0 Å². The maximum Gasteiger partial charge on any atom is 0.131 e. The lowest BCUT2D eigenvalue weighted by Crippen LogP contribution is -2.45. The molecule has 0 saturated carbocycles. The number of benzene rings is 1. The number of halogens is 1. The Morgan fingerprint density at radius 2 is 2.22 bits per heavy atom. The standard InChI is InChI=1S/C14H21FN2O/c1-10-5-12(16)9-17(7-10)8-11-3-4-13(18-2)6-14(11)15/h3-4,6,10,12H,5,7-9,16H2,1-2H3. The molecule has 18 heavy (non-hydrogen) atoms. The van der Waals surface area contributed by atoms with E-state index >= 15 is 0 Å². The van der Waals surface area contributed by atoms with Crippen molar-refractivity contribution < 1.29 is 9.13 Å². The highest BCUT2D eigenvalue weighted by atomic mass is 19.1. The number of nitrogens with two attached hydrogens (primary N) is 1. The fourth-order valence-corrected chi connectivity index (χ4v) is 2.67. The summed E-state index contributed by atoms with van der Waals surface area (Å²) in [5.41, 5.74) is 6.70. The second-order valence-corrected chi connectivity index (χ2v) is 5.25. The Morgan fingerprint density at radius 3 is 2.83 bits per heavy atom. The lowest BCUT2D eigenvalue weighted by molar-refractivity contribution is 0.157. The molecule has 1 heterocycles. The number of hydrogen-bond donors (Lipinski definition) is 1. The molecule has 2 atom stereocenters. The molecule has 0 aliphatic carbocycles. The molecule has 0 amide bonds. The summed E-state index contributed by atoms with van der Waals surface area (Å²) >= 11 is 0. The molecule has 2 unspecified atom stereocenters. The number of piperidine rings is 1. The first-order chi connectivity index (χ1) is 8.58. The van der Waals surface area contributed by atoms with Crippen molar-refractivity contribution >= 4 is 0 Å². The average Bonchev–Trinajstić information content (AvgIpc) is 2.30. The van der Waals surface area contributed by atoms with Crippen LogP contribution in [0.15, 0.2) is 18.2 Å². The van der Waals surface area contributed by atoms with Crippen molar-refractivity contribution in [1.82, 2.24) is 4.90 Å². The fraction of sp³-hybridized carbons (Fsp3) is 0.571. The van der Waals surface area contributed by atoms with Gasteiger partial charge in [0.1, 0.15) is 11.6 Å². The van der Waals surface area contributed by atoms with Crippen LogP contribution in [0.4, 0.5) is 4.39 Å². The van der Waals surface area contributed by atoms with Gasteiger partial charge in [-0.15, -0.1) is 0 Å². The first kappa shape index (κ1) is 13.3. The maximum absolute atomic E-state index is 13.8. The van der Waals surface area contributed by atoms with Gasteiger partial charge in [-0.05, 0) is 18.4 Å². The van der Waals surface area contributed by atoms with Crippen molar-refractivity contribution in [3.8, 4) is 5.75 Å². The molecule has 0 aromatic heterocycles. The van der Waals surface area contributed by atoms with Crippen LogP contribution in [-0.4, -0.2) is 31.1 Å². The van der Waals surface area contributed by atoms with Gasteiger partial charge in [-0.25, -0.2) is 4.39 Å². The average molecular weight is 252 g/mol. The molecule has 1 aliphatic heterocycles. The lowest BCUT2D eigenvalue weighted by atomic mass is 9.96. The first-order valence-corrected chi connectivity index (χ1v) is 6.39. The van der Waals surface area contributed by atoms with Crippen LogP contribution < -0.4 is 10.5 Å². The Hall–Kier alpha value is -1.13. The summed E-state index contributed by atoms with van der Waals surface area (Å²) in [6, 6.07) is 5.22. The molecule has 100 valence electrons. The van der Waals surface area contributed by atoms with Crippen LogP contribution in [0.5, 0.6) is 5.75 Å². The number of ether oxygens (including phenoxy) is 1. The Labute approximate surface area is 108 Å². The van der Waals surface area contributed by atoms with E-state index in [1.807, 2.05) is 0 Å². The minimum Gasteiger partial charge on any atom is -0.497 e. The largest absolute Gasteiger partial charge is 0.497 e. The Balaban J connectivity index is 2.04. The highest BCUT2D eigenvalue weighted by Crippen LogP contribution is 2.21. The molecule has 1 aromatic carbocycles. The van der Waals surface area contributed by atoms with Crippen molar-refractivity contribution in [3.05, 3.63) is 29.6 Å². The van der Waals surface area contributed by atoms with Gasteiger partial charge >= 0.3 is 0 Å². The van der Waals surface area contributed by atoms with Crippen molar-refractivity contribution in [2.75, 3.05) is 20.2 Å². The molecular formula is C14H21FN2O. The molecule has 0 radical (unpaired) electrons. The molecule has 0 spiro atoms. The SMILES string of the molecule is COc1ccc(CN2CC(C)CC(N)C2)c(F)c1. The van der Waals surface area contributed by atoms with Gasteiger partial charge in [0, 0.05) is 37.3 Å². The van der Waals surface area contributed by atoms with Gasteiger partial charge in [0.25, 0.3) is 0 Å². The predicted molar refractivity (Wildman–Crippen MR) is 70.0 cm³/mol. The van der Waals surface area contributed by atoms with Crippen LogP contribution in [0.3, 0.4) is 0 Å². The Kier molecular flexibility index (Phi) is 4.19. The normalized spacial score (nSPS) is 25.1. The monoisotopic (exact) mass is 252 g/mol. The third-order valence-electron chi connectivity index (χ3n) is 3.42. The van der Waals surface area contributed by atoms with Crippen molar-refractivity contribution in [2.24, 2.45) is 11.7 Å². The summed E-state index contributed by atoms with van der Waals surface area (Å²) in [5.74, 6) is 0.927.